The molecule has 1 aliphatic heterocycles. The molecule has 2 heterocycles. The predicted octanol–water partition coefficient (Wildman–Crippen LogP) is 4.62. The summed E-state index contributed by atoms with van der Waals surface area (Å²) in [6.07, 6.45) is 2.87. The zero-order chi connectivity index (χ0) is 20.2. The van der Waals surface area contributed by atoms with Gasteiger partial charge in [-0.1, -0.05) is 17.7 Å². The highest BCUT2D eigenvalue weighted by Gasteiger charge is 2.35. The molecule has 1 fully saturated rings. The van der Waals surface area contributed by atoms with Crippen LogP contribution >= 0.6 is 0 Å². The van der Waals surface area contributed by atoms with E-state index in [1.54, 1.807) is 41.3 Å². The van der Waals surface area contributed by atoms with Crippen LogP contribution in [0.5, 0.6) is 11.5 Å². The fraction of sp³-hybridized carbons (Fsp3) is 0.217. The predicted molar refractivity (Wildman–Crippen MR) is 109 cm³/mol. The van der Waals surface area contributed by atoms with Gasteiger partial charge >= 0.3 is 0 Å². The van der Waals surface area contributed by atoms with Crippen LogP contribution in [0.25, 0.3) is 0 Å². The Kier molecular flexibility index (Phi) is 5.33. The van der Waals surface area contributed by atoms with Crippen molar-refractivity contribution in [1.82, 2.24) is 4.90 Å². The number of carbonyl (C=O) groups excluding carboxylic acids is 2. The van der Waals surface area contributed by atoms with Gasteiger partial charge in [0.15, 0.2) is 5.76 Å². The molecule has 0 spiro atoms. The lowest BCUT2D eigenvalue weighted by molar-refractivity contribution is -0.119. The van der Waals surface area contributed by atoms with E-state index < -0.39 is 6.04 Å². The quantitative estimate of drug-likeness (QED) is 0.690. The number of benzene rings is 2. The molecule has 1 N–H and O–H groups in total. The maximum atomic E-state index is 12.7. The molecule has 4 rings (SSSR count). The maximum Gasteiger partial charge on any atom is 0.290 e. The Labute approximate surface area is 169 Å². The molecule has 148 valence electrons. The second kappa shape index (κ2) is 8.22. The molecule has 0 bridgehead atoms. The summed E-state index contributed by atoms with van der Waals surface area (Å²) >= 11 is 0. The van der Waals surface area contributed by atoms with E-state index in [2.05, 4.69) is 5.32 Å². The molecule has 2 aromatic carbocycles. The summed E-state index contributed by atoms with van der Waals surface area (Å²) in [4.78, 5) is 26.9. The lowest BCUT2D eigenvalue weighted by Crippen LogP contribution is -2.43. The van der Waals surface area contributed by atoms with Gasteiger partial charge in [0, 0.05) is 12.2 Å². The third-order valence-electron chi connectivity index (χ3n) is 4.93. The van der Waals surface area contributed by atoms with E-state index in [0.717, 1.165) is 12.2 Å². The number of nitrogens with zero attached hydrogens (tertiary/aromatic N) is 1. The first-order chi connectivity index (χ1) is 14.1. The first kappa shape index (κ1) is 18.8. The van der Waals surface area contributed by atoms with Crippen molar-refractivity contribution in [3.05, 3.63) is 78.3 Å². The standard InChI is InChI=1S/C23H22N2O4/c1-16-6-10-18(11-7-16)29-19-12-8-17(9-13-19)24-22(26)20-4-2-14-25(20)23(27)21-5-3-15-28-21/h3,5-13,15,20H,2,4,14H2,1H3,(H,24,26). The number of ether oxygens (including phenoxy) is 1. The molecular formula is C23H22N2O4. The van der Waals surface area contributed by atoms with Gasteiger partial charge in [-0.25, -0.2) is 0 Å². The van der Waals surface area contributed by atoms with Crippen LogP contribution in [0.1, 0.15) is 29.0 Å². The zero-order valence-corrected chi connectivity index (χ0v) is 16.1. The molecule has 0 radical (unpaired) electrons. The number of aryl methyl sites for hydroxylation is 1. The highest BCUT2D eigenvalue weighted by molar-refractivity contribution is 6.00. The summed E-state index contributed by atoms with van der Waals surface area (Å²) in [5.41, 5.74) is 1.82. The number of carbonyl (C=O) groups is 2. The minimum absolute atomic E-state index is 0.199. The van der Waals surface area contributed by atoms with Gasteiger partial charge in [0.25, 0.3) is 5.91 Å². The summed E-state index contributed by atoms with van der Waals surface area (Å²) in [5, 5.41) is 2.89. The molecule has 6 nitrogen and oxygen atoms in total. The van der Waals surface area contributed by atoms with Gasteiger partial charge in [0.1, 0.15) is 17.5 Å². The van der Waals surface area contributed by atoms with E-state index in [1.165, 1.54) is 11.8 Å². The Morgan fingerprint density at radius 1 is 1.03 bits per heavy atom. The summed E-state index contributed by atoms with van der Waals surface area (Å²) in [5.74, 6) is 1.24. The third-order valence-corrected chi connectivity index (χ3v) is 4.93. The second-order valence-corrected chi connectivity index (χ2v) is 7.06. The van der Waals surface area contributed by atoms with Crippen molar-refractivity contribution in [2.45, 2.75) is 25.8 Å². The van der Waals surface area contributed by atoms with Crippen LogP contribution in [0.2, 0.25) is 0 Å². The molecule has 1 unspecified atom stereocenters. The van der Waals surface area contributed by atoms with Crippen molar-refractivity contribution in [1.29, 1.82) is 0 Å². The molecule has 0 aliphatic carbocycles. The Hall–Kier alpha value is -3.54. The summed E-state index contributed by atoms with van der Waals surface area (Å²) in [6.45, 7) is 2.57. The Morgan fingerprint density at radius 3 is 2.38 bits per heavy atom. The van der Waals surface area contributed by atoms with Crippen LogP contribution in [0.4, 0.5) is 5.69 Å². The summed E-state index contributed by atoms with van der Waals surface area (Å²) in [7, 11) is 0. The third kappa shape index (κ3) is 4.32. The molecule has 3 aromatic rings. The van der Waals surface area contributed by atoms with Gasteiger partial charge in [-0.05, 0) is 68.3 Å². The van der Waals surface area contributed by atoms with E-state index in [0.29, 0.717) is 24.4 Å². The lowest BCUT2D eigenvalue weighted by Gasteiger charge is -2.23. The van der Waals surface area contributed by atoms with Crippen LogP contribution < -0.4 is 10.1 Å². The van der Waals surface area contributed by atoms with Crippen molar-refractivity contribution < 1.29 is 18.7 Å². The highest BCUT2D eigenvalue weighted by Crippen LogP contribution is 2.25. The SMILES string of the molecule is Cc1ccc(Oc2ccc(NC(=O)C3CCCN3C(=O)c3ccco3)cc2)cc1. The molecule has 1 aliphatic rings. The van der Waals surface area contributed by atoms with Crippen molar-refractivity contribution in [2.24, 2.45) is 0 Å². The molecule has 1 aromatic heterocycles. The Balaban J connectivity index is 1.38. The summed E-state index contributed by atoms with van der Waals surface area (Å²) < 4.78 is 11.0. The van der Waals surface area contributed by atoms with Gasteiger partial charge in [0.2, 0.25) is 5.91 Å². The monoisotopic (exact) mass is 390 g/mol. The summed E-state index contributed by atoms with van der Waals surface area (Å²) in [6, 6.07) is 17.8. The van der Waals surface area contributed by atoms with E-state index in [9.17, 15) is 9.59 Å². The van der Waals surface area contributed by atoms with E-state index in [4.69, 9.17) is 9.15 Å². The van der Waals surface area contributed by atoms with Gasteiger partial charge in [0.05, 0.1) is 6.26 Å². The van der Waals surface area contributed by atoms with Crippen molar-refractivity contribution >= 4 is 17.5 Å². The van der Waals surface area contributed by atoms with Crippen LogP contribution in [-0.2, 0) is 4.79 Å². The number of hydrogen-bond acceptors (Lipinski definition) is 4. The first-order valence-corrected chi connectivity index (χ1v) is 9.60. The number of rotatable bonds is 5. The van der Waals surface area contributed by atoms with Gasteiger partial charge in [-0.15, -0.1) is 0 Å². The van der Waals surface area contributed by atoms with Gasteiger partial charge in [-0.2, -0.15) is 0 Å². The number of likely N-dealkylation sites (tertiary alicyclic amines) is 1. The van der Waals surface area contributed by atoms with Crippen molar-refractivity contribution in [3.8, 4) is 11.5 Å². The molecule has 29 heavy (non-hydrogen) atoms. The Morgan fingerprint density at radius 2 is 1.72 bits per heavy atom. The fourth-order valence-electron chi connectivity index (χ4n) is 3.40. The number of furan rings is 1. The number of nitrogens with one attached hydrogen (secondary N) is 1. The molecule has 0 saturated carbocycles. The average molecular weight is 390 g/mol. The first-order valence-electron chi connectivity index (χ1n) is 9.60. The topological polar surface area (TPSA) is 71.8 Å². The largest absolute Gasteiger partial charge is 0.459 e. The molecule has 1 saturated heterocycles. The molecule has 6 heteroatoms. The van der Waals surface area contributed by atoms with E-state index in [-0.39, 0.29) is 17.6 Å². The second-order valence-electron chi connectivity index (χ2n) is 7.06. The normalized spacial score (nSPS) is 15.9. The zero-order valence-electron chi connectivity index (χ0n) is 16.1. The maximum absolute atomic E-state index is 12.7. The fourth-order valence-corrected chi connectivity index (χ4v) is 3.40. The van der Waals surface area contributed by atoms with E-state index in [1.807, 2.05) is 31.2 Å². The smallest absolute Gasteiger partial charge is 0.290 e. The van der Waals surface area contributed by atoms with Crippen LogP contribution in [0.3, 0.4) is 0 Å². The van der Waals surface area contributed by atoms with Crippen LogP contribution in [0, 0.1) is 6.92 Å². The highest BCUT2D eigenvalue weighted by atomic mass is 16.5. The minimum atomic E-state index is -0.504. The van der Waals surface area contributed by atoms with Crippen LogP contribution in [0.15, 0.2) is 71.3 Å². The van der Waals surface area contributed by atoms with Crippen molar-refractivity contribution in [3.63, 3.8) is 0 Å². The average Bonchev–Trinajstić information content (AvgIpc) is 3.43. The van der Waals surface area contributed by atoms with Crippen molar-refractivity contribution in [2.75, 3.05) is 11.9 Å². The Bertz CT molecular complexity index is 979. The number of hydrogen-bond donors (Lipinski definition) is 1. The van der Waals surface area contributed by atoms with E-state index >= 15 is 0 Å². The molecule has 1 atom stereocenters. The van der Waals surface area contributed by atoms with Gasteiger partial charge < -0.3 is 19.4 Å². The molecule has 2 amide bonds. The van der Waals surface area contributed by atoms with Gasteiger partial charge in [-0.3, -0.25) is 9.59 Å². The minimum Gasteiger partial charge on any atom is -0.459 e. The molecular weight excluding hydrogens is 368 g/mol. The number of anilines is 1. The lowest BCUT2D eigenvalue weighted by atomic mass is 10.2. The van der Waals surface area contributed by atoms with Crippen LogP contribution in [-0.4, -0.2) is 29.3 Å². The number of amides is 2.